The number of ether oxygens (including phenoxy) is 2. The van der Waals surface area contributed by atoms with E-state index in [9.17, 15) is 14.6 Å². The Morgan fingerprint density at radius 3 is 2.67 bits per heavy atom. The van der Waals surface area contributed by atoms with Gasteiger partial charge in [-0.1, -0.05) is 54.6 Å². The van der Waals surface area contributed by atoms with Crippen LogP contribution in [0.3, 0.4) is 0 Å². The average Bonchev–Trinajstić information content (AvgIpc) is 2.82. The van der Waals surface area contributed by atoms with Crippen molar-refractivity contribution in [1.82, 2.24) is 0 Å². The number of anilines is 1. The van der Waals surface area contributed by atoms with Crippen molar-refractivity contribution in [2.45, 2.75) is 37.8 Å². The molecule has 0 aromatic heterocycles. The standard InChI is InChI=1S/C27H28FNO4/c28-26-14-19(11-12-25(26)20-7-2-1-3-8-20)6-5-13-29-21-9-4-10-23(15-21)32-27-17-22(31)16-24(18-30)33-27/h1-5,7-15,22,24,27,29-31H,6,16-18H2/b13-5+. The molecule has 1 fully saturated rings. The molecule has 3 atom stereocenters. The molecule has 5 nitrogen and oxygen atoms in total. The van der Waals surface area contributed by atoms with Crippen molar-refractivity contribution in [1.29, 1.82) is 0 Å². The van der Waals surface area contributed by atoms with E-state index in [0.717, 1.165) is 16.8 Å². The summed E-state index contributed by atoms with van der Waals surface area (Å²) in [5.41, 5.74) is 3.16. The van der Waals surface area contributed by atoms with Gasteiger partial charge in [0.25, 0.3) is 0 Å². The first-order chi connectivity index (χ1) is 16.1. The van der Waals surface area contributed by atoms with E-state index in [-0.39, 0.29) is 12.4 Å². The lowest BCUT2D eigenvalue weighted by atomic mass is 10.0. The van der Waals surface area contributed by atoms with E-state index in [1.807, 2.05) is 79.0 Å². The Morgan fingerprint density at radius 1 is 1.03 bits per heavy atom. The molecule has 1 saturated heterocycles. The number of aliphatic hydroxyl groups excluding tert-OH is 2. The van der Waals surface area contributed by atoms with Crippen LogP contribution in [0.25, 0.3) is 11.1 Å². The highest BCUT2D eigenvalue weighted by atomic mass is 19.1. The molecule has 1 aliphatic heterocycles. The fourth-order valence-electron chi connectivity index (χ4n) is 3.84. The van der Waals surface area contributed by atoms with Crippen LogP contribution in [-0.4, -0.2) is 35.3 Å². The Kier molecular flexibility index (Phi) is 7.73. The SMILES string of the molecule is OCC1CC(O)CC(Oc2cccc(N/C=C/Cc3ccc(-c4ccccc4)c(F)c3)c2)O1. The molecule has 0 bridgehead atoms. The van der Waals surface area contributed by atoms with E-state index in [0.29, 0.717) is 30.6 Å². The first-order valence-corrected chi connectivity index (χ1v) is 11.1. The Hall–Kier alpha value is -3.19. The molecule has 4 rings (SSSR count). The zero-order valence-corrected chi connectivity index (χ0v) is 18.2. The zero-order chi connectivity index (χ0) is 23.0. The van der Waals surface area contributed by atoms with Gasteiger partial charge >= 0.3 is 0 Å². The summed E-state index contributed by atoms with van der Waals surface area (Å²) in [4.78, 5) is 0. The van der Waals surface area contributed by atoms with Gasteiger partial charge in [0.15, 0.2) is 0 Å². The van der Waals surface area contributed by atoms with Gasteiger partial charge in [0.05, 0.1) is 18.8 Å². The molecule has 0 amide bonds. The van der Waals surface area contributed by atoms with Crippen molar-refractivity contribution in [3.05, 3.63) is 96.5 Å². The van der Waals surface area contributed by atoms with E-state index in [2.05, 4.69) is 5.32 Å². The number of hydrogen-bond acceptors (Lipinski definition) is 5. The van der Waals surface area contributed by atoms with Gasteiger partial charge in [-0.25, -0.2) is 4.39 Å². The summed E-state index contributed by atoms with van der Waals surface area (Å²) in [5.74, 6) is 0.367. The molecule has 1 heterocycles. The van der Waals surface area contributed by atoms with Gasteiger partial charge in [0.2, 0.25) is 6.29 Å². The molecule has 33 heavy (non-hydrogen) atoms. The maximum absolute atomic E-state index is 14.5. The number of benzene rings is 3. The number of halogens is 1. The molecule has 0 saturated carbocycles. The number of hydrogen-bond donors (Lipinski definition) is 3. The van der Waals surface area contributed by atoms with E-state index in [1.165, 1.54) is 0 Å². The monoisotopic (exact) mass is 449 g/mol. The van der Waals surface area contributed by atoms with Crippen LogP contribution in [0.15, 0.2) is 85.1 Å². The second-order valence-corrected chi connectivity index (χ2v) is 8.07. The number of rotatable bonds is 8. The smallest absolute Gasteiger partial charge is 0.202 e. The van der Waals surface area contributed by atoms with Crippen molar-refractivity contribution in [3.8, 4) is 16.9 Å². The molecule has 0 spiro atoms. The molecule has 3 N–H and O–H groups in total. The molecule has 0 aliphatic carbocycles. The highest BCUT2D eigenvalue weighted by molar-refractivity contribution is 5.64. The lowest BCUT2D eigenvalue weighted by Crippen LogP contribution is -2.40. The fraction of sp³-hybridized carbons (Fsp3) is 0.259. The van der Waals surface area contributed by atoms with Gasteiger partial charge in [-0.2, -0.15) is 0 Å². The van der Waals surface area contributed by atoms with Crippen LogP contribution in [0.2, 0.25) is 0 Å². The summed E-state index contributed by atoms with van der Waals surface area (Å²) in [7, 11) is 0. The van der Waals surface area contributed by atoms with Crippen LogP contribution in [0.4, 0.5) is 10.1 Å². The summed E-state index contributed by atoms with van der Waals surface area (Å²) >= 11 is 0. The van der Waals surface area contributed by atoms with Gasteiger partial charge in [-0.3, -0.25) is 0 Å². The quantitative estimate of drug-likeness (QED) is 0.456. The first kappa shape index (κ1) is 23.0. The van der Waals surface area contributed by atoms with Gasteiger partial charge in [0, 0.05) is 30.2 Å². The normalized spacial score (nSPS) is 20.6. The molecular weight excluding hydrogens is 421 g/mol. The minimum Gasteiger partial charge on any atom is -0.465 e. The fourth-order valence-corrected chi connectivity index (χ4v) is 3.84. The summed E-state index contributed by atoms with van der Waals surface area (Å²) in [6.07, 6.45) is 3.50. The summed E-state index contributed by atoms with van der Waals surface area (Å²) < 4.78 is 26.0. The summed E-state index contributed by atoms with van der Waals surface area (Å²) in [6.45, 7) is -0.151. The van der Waals surface area contributed by atoms with Crippen LogP contribution in [0.1, 0.15) is 18.4 Å². The average molecular weight is 450 g/mol. The van der Waals surface area contributed by atoms with Gasteiger partial charge in [0.1, 0.15) is 11.6 Å². The van der Waals surface area contributed by atoms with Crippen LogP contribution < -0.4 is 10.1 Å². The molecule has 0 radical (unpaired) electrons. The zero-order valence-electron chi connectivity index (χ0n) is 18.2. The number of aliphatic hydroxyl groups is 2. The van der Waals surface area contributed by atoms with Crippen LogP contribution in [0, 0.1) is 5.82 Å². The molecule has 3 aromatic rings. The largest absolute Gasteiger partial charge is 0.465 e. The predicted octanol–water partition coefficient (Wildman–Crippen LogP) is 4.90. The maximum Gasteiger partial charge on any atom is 0.202 e. The van der Waals surface area contributed by atoms with Gasteiger partial charge in [-0.05, 0) is 41.9 Å². The summed E-state index contributed by atoms with van der Waals surface area (Å²) in [6, 6.07) is 22.2. The predicted molar refractivity (Wildman–Crippen MR) is 126 cm³/mol. The second kappa shape index (κ2) is 11.1. The maximum atomic E-state index is 14.5. The Bertz CT molecular complexity index is 1070. The van der Waals surface area contributed by atoms with E-state index < -0.39 is 18.5 Å². The van der Waals surface area contributed by atoms with Crippen molar-refractivity contribution < 1.29 is 24.1 Å². The van der Waals surface area contributed by atoms with Crippen LogP contribution in [0.5, 0.6) is 5.75 Å². The molecule has 172 valence electrons. The van der Waals surface area contributed by atoms with E-state index in [1.54, 1.807) is 6.07 Å². The van der Waals surface area contributed by atoms with E-state index in [4.69, 9.17) is 9.47 Å². The summed E-state index contributed by atoms with van der Waals surface area (Å²) in [5, 5.41) is 22.4. The topological polar surface area (TPSA) is 71.0 Å². The Balaban J connectivity index is 1.31. The van der Waals surface area contributed by atoms with E-state index >= 15 is 0 Å². The molecule has 3 aromatic carbocycles. The first-order valence-electron chi connectivity index (χ1n) is 11.1. The third-order valence-corrected chi connectivity index (χ3v) is 5.49. The highest BCUT2D eigenvalue weighted by Gasteiger charge is 2.29. The van der Waals surface area contributed by atoms with Gasteiger partial charge in [-0.15, -0.1) is 0 Å². The van der Waals surface area contributed by atoms with Crippen molar-refractivity contribution in [3.63, 3.8) is 0 Å². The van der Waals surface area contributed by atoms with Crippen molar-refractivity contribution in [2.75, 3.05) is 11.9 Å². The molecule has 1 aliphatic rings. The van der Waals surface area contributed by atoms with Gasteiger partial charge < -0.3 is 25.0 Å². The Labute approximate surface area is 193 Å². The second-order valence-electron chi connectivity index (χ2n) is 8.07. The minimum absolute atomic E-state index is 0.151. The number of allylic oxidation sites excluding steroid dienone is 1. The molecule has 3 unspecified atom stereocenters. The van der Waals surface area contributed by atoms with Crippen molar-refractivity contribution in [2.24, 2.45) is 0 Å². The number of nitrogens with one attached hydrogen (secondary N) is 1. The lowest BCUT2D eigenvalue weighted by Gasteiger charge is -2.32. The third kappa shape index (κ3) is 6.42. The minimum atomic E-state index is -0.606. The molecular formula is C27H28FNO4. The molecule has 6 heteroatoms. The highest BCUT2D eigenvalue weighted by Crippen LogP contribution is 2.26. The van der Waals surface area contributed by atoms with Crippen LogP contribution in [-0.2, 0) is 11.2 Å². The van der Waals surface area contributed by atoms with Crippen molar-refractivity contribution >= 4 is 5.69 Å². The Morgan fingerprint density at radius 2 is 1.88 bits per heavy atom. The lowest BCUT2D eigenvalue weighted by molar-refractivity contribution is -0.184. The third-order valence-electron chi connectivity index (χ3n) is 5.49. The van der Waals surface area contributed by atoms with Crippen LogP contribution >= 0.6 is 0 Å².